The van der Waals surface area contributed by atoms with Crippen LogP contribution >= 0.6 is 0 Å². The van der Waals surface area contributed by atoms with E-state index in [4.69, 9.17) is 4.98 Å². The molecular formula is C21H31N5O. The Labute approximate surface area is 162 Å². The Bertz CT molecular complexity index is 775. The van der Waals surface area contributed by atoms with Crippen LogP contribution in [-0.4, -0.2) is 53.7 Å². The van der Waals surface area contributed by atoms with Crippen LogP contribution < -0.4 is 10.2 Å². The Balaban J connectivity index is 1.77. The van der Waals surface area contributed by atoms with Gasteiger partial charge in [0.25, 0.3) is 0 Å². The van der Waals surface area contributed by atoms with Gasteiger partial charge in [-0.3, -0.25) is 0 Å². The molecule has 3 rings (SSSR count). The maximum Gasteiger partial charge on any atom is 0.224 e. The average Bonchev–Trinajstić information content (AvgIpc) is 2.66. The SMILES string of the molecule is CCc1cc(N2CCc3cc([C@@H](C)O)ccc3C2)nc(NCCN(C)C)n1. The first-order valence-corrected chi connectivity index (χ1v) is 9.77. The molecule has 6 nitrogen and oxygen atoms in total. The van der Waals surface area contributed by atoms with E-state index in [1.807, 2.05) is 13.0 Å². The summed E-state index contributed by atoms with van der Waals surface area (Å²) in [5.41, 5.74) is 4.69. The summed E-state index contributed by atoms with van der Waals surface area (Å²) in [6.07, 6.45) is 1.43. The quantitative estimate of drug-likeness (QED) is 0.782. The fraction of sp³-hybridized carbons (Fsp3) is 0.524. The van der Waals surface area contributed by atoms with Crippen LogP contribution in [0.25, 0.3) is 0 Å². The molecule has 1 aromatic heterocycles. The van der Waals surface area contributed by atoms with Crippen molar-refractivity contribution in [3.63, 3.8) is 0 Å². The summed E-state index contributed by atoms with van der Waals surface area (Å²) in [6, 6.07) is 8.41. The molecular weight excluding hydrogens is 338 g/mol. The van der Waals surface area contributed by atoms with E-state index in [1.165, 1.54) is 11.1 Å². The Morgan fingerprint density at radius 2 is 2.04 bits per heavy atom. The summed E-state index contributed by atoms with van der Waals surface area (Å²) >= 11 is 0. The lowest BCUT2D eigenvalue weighted by molar-refractivity contribution is 0.199. The number of rotatable bonds is 7. The highest BCUT2D eigenvalue weighted by atomic mass is 16.3. The molecule has 2 heterocycles. The first-order valence-electron chi connectivity index (χ1n) is 9.77. The smallest absolute Gasteiger partial charge is 0.224 e. The van der Waals surface area contributed by atoms with Crippen LogP contribution in [0.15, 0.2) is 24.3 Å². The number of hydrogen-bond donors (Lipinski definition) is 2. The molecule has 0 saturated heterocycles. The predicted octanol–water partition coefficient (Wildman–Crippen LogP) is 2.63. The first kappa shape index (κ1) is 19.6. The first-order chi connectivity index (χ1) is 13.0. The molecule has 1 aliphatic rings. The largest absolute Gasteiger partial charge is 0.389 e. The minimum absolute atomic E-state index is 0.418. The molecule has 0 amide bonds. The number of aryl methyl sites for hydroxylation is 1. The summed E-state index contributed by atoms with van der Waals surface area (Å²) in [7, 11) is 4.12. The molecule has 6 heteroatoms. The number of anilines is 2. The van der Waals surface area contributed by atoms with Crippen molar-refractivity contribution in [3.05, 3.63) is 46.6 Å². The molecule has 0 bridgehead atoms. The summed E-state index contributed by atoms with van der Waals surface area (Å²) < 4.78 is 0. The number of nitrogens with one attached hydrogen (secondary N) is 1. The van der Waals surface area contributed by atoms with Gasteiger partial charge in [-0.05, 0) is 50.6 Å². The molecule has 0 radical (unpaired) electrons. The molecule has 0 unspecified atom stereocenters. The number of likely N-dealkylation sites (N-methyl/N-ethyl adjacent to an activating group) is 1. The third-order valence-electron chi connectivity index (χ3n) is 5.02. The second-order valence-electron chi connectivity index (χ2n) is 7.50. The van der Waals surface area contributed by atoms with Gasteiger partial charge < -0.3 is 20.2 Å². The Hall–Kier alpha value is -2.18. The predicted molar refractivity (Wildman–Crippen MR) is 110 cm³/mol. The van der Waals surface area contributed by atoms with E-state index in [9.17, 15) is 5.11 Å². The molecule has 1 aromatic carbocycles. The van der Waals surface area contributed by atoms with Gasteiger partial charge in [-0.25, -0.2) is 4.98 Å². The lowest BCUT2D eigenvalue weighted by atomic mass is 9.96. The van der Waals surface area contributed by atoms with Crippen LogP contribution in [-0.2, 0) is 19.4 Å². The molecule has 1 atom stereocenters. The molecule has 0 saturated carbocycles. The second-order valence-corrected chi connectivity index (χ2v) is 7.50. The van der Waals surface area contributed by atoms with Gasteiger partial charge >= 0.3 is 0 Å². The Morgan fingerprint density at radius 3 is 2.74 bits per heavy atom. The maximum atomic E-state index is 9.81. The molecule has 146 valence electrons. The zero-order valence-corrected chi connectivity index (χ0v) is 16.9. The standard InChI is InChI=1S/C21H31N5O/c1-5-19-13-20(24-21(23-19)22-9-11-25(3)4)26-10-8-17-12-16(15(2)27)6-7-18(17)14-26/h6-7,12-13,15,27H,5,8-11,14H2,1-4H3,(H,22,23,24)/t15-/m1/s1. The highest BCUT2D eigenvalue weighted by Crippen LogP contribution is 2.27. The number of aromatic nitrogens is 2. The number of fused-ring (bicyclic) bond motifs is 1. The van der Waals surface area contributed by atoms with Crippen LogP contribution in [0.1, 0.15) is 42.3 Å². The Morgan fingerprint density at radius 1 is 1.22 bits per heavy atom. The molecule has 27 heavy (non-hydrogen) atoms. The zero-order valence-electron chi connectivity index (χ0n) is 16.9. The van der Waals surface area contributed by atoms with Crippen molar-refractivity contribution in [2.75, 3.05) is 43.9 Å². The molecule has 2 N–H and O–H groups in total. The van der Waals surface area contributed by atoms with Gasteiger partial charge in [-0.15, -0.1) is 0 Å². The molecule has 0 fully saturated rings. The van der Waals surface area contributed by atoms with Crippen molar-refractivity contribution in [1.29, 1.82) is 0 Å². The molecule has 0 spiro atoms. The van der Waals surface area contributed by atoms with Gasteiger partial charge in [-0.2, -0.15) is 4.98 Å². The minimum Gasteiger partial charge on any atom is -0.389 e. The van der Waals surface area contributed by atoms with Gasteiger partial charge in [0.05, 0.1) is 6.10 Å². The van der Waals surface area contributed by atoms with Crippen molar-refractivity contribution >= 4 is 11.8 Å². The van der Waals surface area contributed by atoms with Crippen molar-refractivity contribution in [2.45, 2.75) is 39.3 Å². The van der Waals surface area contributed by atoms with E-state index >= 15 is 0 Å². The number of aliphatic hydroxyl groups is 1. The maximum absolute atomic E-state index is 9.81. The number of aliphatic hydroxyl groups excluding tert-OH is 1. The van der Waals surface area contributed by atoms with E-state index in [0.717, 1.165) is 56.1 Å². The topological polar surface area (TPSA) is 64.5 Å². The number of benzene rings is 1. The van der Waals surface area contributed by atoms with Crippen LogP contribution in [0.2, 0.25) is 0 Å². The minimum atomic E-state index is -0.418. The van der Waals surface area contributed by atoms with Gasteiger partial charge in [0, 0.05) is 37.9 Å². The van der Waals surface area contributed by atoms with E-state index in [2.05, 4.69) is 59.3 Å². The van der Waals surface area contributed by atoms with E-state index < -0.39 is 6.10 Å². The lowest BCUT2D eigenvalue weighted by Gasteiger charge is -2.30. The summed E-state index contributed by atoms with van der Waals surface area (Å²) in [5.74, 6) is 1.70. The van der Waals surface area contributed by atoms with Gasteiger partial charge in [0.15, 0.2) is 0 Å². The van der Waals surface area contributed by atoms with Crippen LogP contribution in [0, 0.1) is 0 Å². The monoisotopic (exact) mass is 369 g/mol. The Kier molecular flexibility index (Phi) is 6.29. The van der Waals surface area contributed by atoms with Gasteiger partial charge in [-0.1, -0.05) is 25.1 Å². The van der Waals surface area contributed by atoms with Crippen molar-refractivity contribution in [3.8, 4) is 0 Å². The zero-order chi connectivity index (χ0) is 19.4. The van der Waals surface area contributed by atoms with E-state index in [-0.39, 0.29) is 0 Å². The normalized spacial score (nSPS) is 15.0. The summed E-state index contributed by atoms with van der Waals surface area (Å²) in [5, 5.41) is 13.2. The van der Waals surface area contributed by atoms with Crippen LogP contribution in [0.3, 0.4) is 0 Å². The highest BCUT2D eigenvalue weighted by molar-refractivity contribution is 5.49. The lowest BCUT2D eigenvalue weighted by Crippen LogP contribution is -2.31. The van der Waals surface area contributed by atoms with Gasteiger partial charge in [0.2, 0.25) is 5.95 Å². The third-order valence-corrected chi connectivity index (χ3v) is 5.02. The number of hydrogen-bond acceptors (Lipinski definition) is 6. The van der Waals surface area contributed by atoms with Crippen molar-refractivity contribution in [1.82, 2.24) is 14.9 Å². The highest BCUT2D eigenvalue weighted by Gasteiger charge is 2.19. The van der Waals surface area contributed by atoms with Crippen LogP contribution in [0.4, 0.5) is 11.8 Å². The second kappa shape index (κ2) is 8.67. The summed E-state index contributed by atoms with van der Waals surface area (Å²) in [6.45, 7) is 7.47. The van der Waals surface area contributed by atoms with E-state index in [0.29, 0.717) is 5.95 Å². The van der Waals surface area contributed by atoms with Crippen LogP contribution in [0.5, 0.6) is 0 Å². The molecule has 2 aromatic rings. The fourth-order valence-corrected chi connectivity index (χ4v) is 3.32. The van der Waals surface area contributed by atoms with Crippen molar-refractivity contribution < 1.29 is 5.11 Å². The molecule has 1 aliphatic heterocycles. The fourth-order valence-electron chi connectivity index (χ4n) is 3.32. The average molecular weight is 370 g/mol. The van der Waals surface area contributed by atoms with Crippen molar-refractivity contribution in [2.24, 2.45) is 0 Å². The van der Waals surface area contributed by atoms with Gasteiger partial charge in [0.1, 0.15) is 5.82 Å². The molecule has 0 aliphatic carbocycles. The summed E-state index contributed by atoms with van der Waals surface area (Å²) in [4.78, 5) is 13.9. The third kappa shape index (κ3) is 4.96. The number of nitrogens with zero attached hydrogens (tertiary/aromatic N) is 4. The van der Waals surface area contributed by atoms with E-state index in [1.54, 1.807) is 0 Å².